The Bertz CT molecular complexity index is 512. The lowest BCUT2D eigenvalue weighted by molar-refractivity contribution is -0.150. The van der Waals surface area contributed by atoms with Crippen molar-refractivity contribution >= 4 is 28.4 Å². The maximum atomic E-state index is 12.1. The molecule has 25 heavy (non-hydrogen) atoms. The van der Waals surface area contributed by atoms with Gasteiger partial charge >= 0.3 is 5.97 Å². The van der Waals surface area contributed by atoms with Crippen molar-refractivity contribution in [3.63, 3.8) is 0 Å². The summed E-state index contributed by atoms with van der Waals surface area (Å²) in [5.74, 6) is -0.548. The number of esters is 1. The largest absolute Gasteiger partial charge is 0.462 e. The van der Waals surface area contributed by atoms with E-state index in [2.05, 4.69) is 0 Å². The molecule has 0 bridgehead atoms. The van der Waals surface area contributed by atoms with Gasteiger partial charge in [-0.15, -0.1) is 12.4 Å². The number of rotatable bonds is 8. The molecule has 7 nitrogen and oxygen atoms in total. The molecular weight excluding hydrogens is 368 g/mol. The number of carbonyl (C=O) groups is 1. The Morgan fingerprint density at radius 3 is 1.96 bits per heavy atom. The molecule has 0 aliphatic heterocycles. The van der Waals surface area contributed by atoms with Crippen LogP contribution in [0.4, 0.5) is 0 Å². The number of hydrogen-bond acceptors (Lipinski definition) is 6. The molecule has 0 aliphatic rings. The first kappa shape index (κ1) is 26.8. The number of carbonyl (C=O) groups excluding carboxylic acids is 1. The standard InChI is InChI=1S/C16H34N2O5S.ClH/c1-12(15(2,3)4)23-13(11-22-14(19)9-17)10-18(16(5,6)7)24(8,20)21;/h12-13H,9-11,17H2,1-8H3;1H/t12-,13-;/m0./s1. The Morgan fingerprint density at radius 1 is 1.16 bits per heavy atom. The monoisotopic (exact) mass is 402 g/mol. The second-order valence-corrected chi connectivity index (χ2v) is 10.0. The molecule has 0 amide bonds. The first-order chi connectivity index (χ1) is 10.6. The minimum absolute atomic E-state index is 0. The highest BCUT2D eigenvalue weighted by molar-refractivity contribution is 7.88. The summed E-state index contributed by atoms with van der Waals surface area (Å²) in [6.45, 7) is 13.3. The third-order valence-electron chi connectivity index (χ3n) is 3.73. The Balaban J connectivity index is 0. The van der Waals surface area contributed by atoms with Gasteiger partial charge in [0.1, 0.15) is 12.7 Å². The highest BCUT2D eigenvalue weighted by Gasteiger charge is 2.34. The van der Waals surface area contributed by atoms with Crippen LogP contribution in [0.1, 0.15) is 48.5 Å². The van der Waals surface area contributed by atoms with Gasteiger partial charge in [-0.05, 0) is 33.1 Å². The first-order valence-corrected chi connectivity index (χ1v) is 9.92. The van der Waals surface area contributed by atoms with Crippen molar-refractivity contribution in [2.45, 2.75) is 66.2 Å². The van der Waals surface area contributed by atoms with Crippen molar-refractivity contribution in [3.05, 3.63) is 0 Å². The van der Waals surface area contributed by atoms with Crippen molar-refractivity contribution < 1.29 is 22.7 Å². The van der Waals surface area contributed by atoms with E-state index in [9.17, 15) is 13.2 Å². The number of halogens is 1. The number of hydrogen-bond donors (Lipinski definition) is 1. The van der Waals surface area contributed by atoms with Crippen LogP contribution in [0.5, 0.6) is 0 Å². The highest BCUT2D eigenvalue weighted by atomic mass is 35.5. The molecule has 0 radical (unpaired) electrons. The van der Waals surface area contributed by atoms with Crippen LogP contribution in [0.2, 0.25) is 0 Å². The number of sulfonamides is 1. The molecule has 2 N–H and O–H groups in total. The van der Waals surface area contributed by atoms with Crippen LogP contribution in [-0.4, -0.2) is 62.4 Å². The first-order valence-electron chi connectivity index (χ1n) is 8.08. The van der Waals surface area contributed by atoms with Gasteiger partial charge in [-0.25, -0.2) is 8.42 Å². The van der Waals surface area contributed by atoms with Gasteiger partial charge < -0.3 is 15.2 Å². The zero-order valence-corrected chi connectivity index (χ0v) is 18.3. The summed E-state index contributed by atoms with van der Waals surface area (Å²) in [6, 6.07) is 0. The lowest BCUT2D eigenvalue weighted by atomic mass is 9.90. The average molecular weight is 403 g/mol. The summed E-state index contributed by atoms with van der Waals surface area (Å²) in [7, 11) is -3.44. The van der Waals surface area contributed by atoms with Crippen molar-refractivity contribution in [3.8, 4) is 0 Å². The van der Waals surface area contributed by atoms with Crippen LogP contribution < -0.4 is 5.73 Å². The van der Waals surface area contributed by atoms with E-state index in [-0.39, 0.29) is 43.6 Å². The van der Waals surface area contributed by atoms with E-state index in [0.717, 1.165) is 6.26 Å². The summed E-state index contributed by atoms with van der Waals surface area (Å²) in [4.78, 5) is 11.3. The Morgan fingerprint density at radius 2 is 1.64 bits per heavy atom. The Hall–Kier alpha value is -0.410. The summed E-state index contributed by atoms with van der Waals surface area (Å²) >= 11 is 0. The molecule has 0 unspecified atom stereocenters. The molecule has 0 saturated carbocycles. The van der Waals surface area contributed by atoms with Gasteiger partial charge in [-0.3, -0.25) is 4.79 Å². The molecule has 0 rings (SSSR count). The minimum atomic E-state index is -3.44. The molecule has 0 aromatic heterocycles. The van der Waals surface area contributed by atoms with Crippen LogP contribution in [0.15, 0.2) is 0 Å². The van der Waals surface area contributed by atoms with Crippen molar-refractivity contribution in [1.29, 1.82) is 0 Å². The summed E-state index contributed by atoms with van der Waals surface area (Å²) in [5.41, 5.74) is 4.50. The lowest BCUT2D eigenvalue weighted by Crippen LogP contribution is -2.51. The molecule has 9 heteroatoms. The second-order valence-electron chi connectivity index (χ2n) is 8.12. The van der Waals surface area contributed by atoms with Gasteiger partial charge in [-0.2, -0.15) is 4.31 Å². The van der Waals surface area contributed by atoms with Gasteiger partial charge in [0.15, 0.2) is 0 Å². The second kappa shape index (κ2) is 10.1. The smallest absolute Gasteiger partial charge is 0.319 e. The third kappa shape index (κ3) is 10.4. The molecule has 0 spiro atoms. The molecule has 0 aromatic carbocycles. The topological polar surface area (TPSA) is 98.9 Å². The van der Waals surface area contributed by atoms with Gasteiger partial charge in [0.25, 0.3) is 0 Å². The SMILES string of the molecule is C[C@H](O[C@H](COC(=O)CN)CN(C(C)(C)C)S(C)(=O)=O)C(C)(C)C.Cl. The van der Waals surface area contributed by atoms with Gasteiger partial charge in [0.2, 0.25) is 10.0 Å². The van der Waals surface area contributed by atoms with Crippen molar-refractivity contribution in [2.24, 2.45) is 11.1 Å². The van der Waals surface area contributed by atoms with Crippen LogP contribution in [0, 0.1) is 5.41 Å². The van der Waals surface area contributed by atoms with Gasteiger partial charge in [0, 0.05) is 12.1 Å². The van der Waals surface area contributed by atoms with Crippen LogP contribution in [0.3, 0.4) is 0 Å². The third-order valence-corrected chi connectivity index (χ3v) is 5.23. The molecular formula is C16H35ClN2O5S. The van der Waals surface area contributed by atoms with Crippen molar-refractivity contribution in [1.82, 2.24) is 4.31 Å². The average Bonchev–Trinajstić information content (AvgIpc) is 2.36. The van der Waals surface area contributed by atoms with Gasteiger partial charge in [0.05, 0.1) is 18.9 Å². The molecule has 0 heterocycles. The van der Waals surface area contributed by atoms with Crippen LogP contribution >= 0.6 is 12.4 Å². The fourth-order valence-corrected chi connectivity index (χ4v) is 3.40. The molecule has 0 saturated heterocycles. The van der Waals surface area contributed by atoms with E-state index in [0.29, 0.717) is 0 Å². The maximum absolute atomic E-state index is 12.1. The quantitative estimate of drug-likeness (QED) is 0.621. The zero-order valence-electron chi connectivity index (χ0n) is 16.7. The fraction of sp³-hybridized carbons (Fsp3) is 0.938. The molecule has 0 aromatic rings. The predicted molar refractivity (Wildman–Crippen MR) is 102 cm³/mol. The lowest BCUT2D eigenvalue weighted by Gasteiger charge is -2.38. The number of ether oxygens (including phenoxy) is 2. The van der Waals surface area contributed by atoms with Crippen molar-refractivity contribution in [2.75, 3.05) is 26.0 Å². The maximum Gasteiger partial charge on any atom is 0.319 e. The molecule has 152 valence electrons. The Kier molecular flexibility index (Phi) is 10.8. The zero-order chi connectivity index (χ0) is 19.3. The fourth-order valence-electron chi connectivity index (χ4n) is 1.96. The summed E-state index contributed by atoms with van der Waals surface area (Å²) in [5, 5.41) is 0. The molecule has 0 aliphatic carbocycles. The van der Waals surface area contributed by atoms with E-state index in [1.807, 2.05) is 48.5 Å². The number of nitrogens with zero attached hydrogens (tertiary/aromatic N) is 1. The predicted octanol–water partition coefficient (Wildman–Crippen LogP) is 1.79. The van der Waals surface area contributed by atoms with Crippen LogP contribution in [-0.2, 0) is 24.3 Å². The highest BCUT2D eigenvalue weighted by Crippen LogP contribution is 2.25. The van der Waals surface area contributed by atoms with Gasteiger partial charge in [-0.1, -0.05) is 20.8 Å². The molecule has 0 fully saturated rings. The van der Waals surface area contributed by atoms with Crippen LogP contribution in [0.25, 0.3) is 0 Å². The molecule has 2 atom stereocenters. The van der Waals surface area contributed by atoms with E-state index >= 15 is 0 Å². The van der Waals surface area contributed by atoms with E-state index in [4.69, 9.17) is 15.2 Å². The normalized spacial score (nSPS) is 15.4. The Labute approximate surface area is 159 Å². The number of nitrogens with two attached hydrogens (primary N) is 1. The summed E-state index contributed by atoms with van der Waals surface area (Å²) < 4.78 is 36.7. The van der Waals surface area contributed by atoms with E-state index in [1.54, 1.807) is 0 Å². The van der Waals surface area contributed by atoms with E-state index < -0.39 is 27.6 Å². The minimum Gasteiger partial charge on any atom is -0.462 e. The summed E-state index contributed by atoms with van der Waals surface area (Å²) in [6.07, 6.45) is 0.429. The van der Waals surface area contributed by atoms with E-state index in [1.165, 1.54) is 4.31 Å².